The Labute approximate surface area is 196 Å². The van der Waals surface area contributed by atoms with Crippen molar-refractivity contribution in [1.29, 1.82) is 0 Å². The van der Waals surface area contributed by atoms with Crippen molar-refractivity contribution in [3.63, 3.8) is 0 Å². The lowest BCUT2D eigenvalue weighted by molar-refractivity contribution is -0.154. The minimum absolute atomic E-state index is 0.172. The van der Waals surface area contributed by atoms with Gasteiger partial charge in [0.25, 0.3) is 17.7 Å². The highest BCUT2D eigenvalue weighted by molar-refractivity contribution is 6.30. The number of Topliss-reactive ketones (excluding diaryl/α,β-unsaturated/α-hetero) is 1. The van der Waals surface area contributed by atoms with Gasteiger partial charge in [-0.2, -0.15) is 5.01 Å². The van der Waals surface area contributed by atoms with Gasteiger partial charge in [-0.05, 0) is 79.6 Å². The summed E-state index contributed by atoms with van der Waals surface area (Å²) >= 11 is 5.95. The number of imide groups is 1. The Morgan fingerprint density at radius 3 is 2.03 bits per heavy atom. The third-order valence-corrected chi connectivity index (χ3v) is 7.43. The van der Waals surface area contributed by atoms with E-state index in [1.165, 1.54) is 19.2 Å². The smallest absolute Gasteiger partial charge is 0.273 e. The number of methoxy groups -OCH3 is 1. The molecule has 3 amide bonds. The topological polar surface area (TPSA) is 84.0 Å². The molecule has 3 fully saturated rings. The first-order valence-corrected chi connectivity index (χ1v) is 11.4. The van der Waals surface area contributed by atoms with Gasteiger partial charge >= 0.3 is 0 Å². The minimum atomic E-state index is -0.595. The van der Waals surface area contributed by atoms with Gasteiger partial charge in [0.2, 0.25) is 0 Å². The number of ether oxygens (including phenoxy) is 1. The summed E-state index contributed by atoms with van der Waals surface area (Å²) in [6, 6.07) is 12.6. The van der Waals surface area contributed by atoms with Crippen LogP contribution in [0.4, 0.5) is 0 Å². The average molecular weight is 467 g/mol. The number of amides is 3. The summed E-state index contributed by atoms with van der Waals surface area (Å²) < 4.78 is 5.13. The van der Waals surface area contributed by atoms with Crippen molar-refractivity contribution in [3.05, 3.63) is 64.7 Å². The molecule has 2 saturated carbocycles. The summed E-state index contributed by atoms with van der Waals surface area (Å²) in [7, 11) is 1.53. The Hall–Kier alpha value is -3.19. The summed E-state index contributed by atoms with van der Waals surface area (Å²) in [5.41, 5.74) is 0.589. The fourth-order valence-electron chi connectivity index (χ4n) is 5.61. The van der Waals surface area contributed by atoms with E-state index in [1.54, 1.807) is 36.4 Å². The average Bonchev–Trinajstić information content (AvgIpc) is 3.51. The van der Waals surface area contributed by atoms with Gasteiger partial charge in [0.15, 0.2) is 5.78 Å². The molecule has 0 N–H and O–H groups in total. The van der Waals surface area contributed by atoms with Crippen molar-refractivity contribution < 1.29 is 23.9 Å². The first kappa shape index (κ1) is 21.6. The van der Waals surface area contributed by atoms with E-state index in [0.717, 1.165) is 29.3 Å². The number of ketones is 1. The number of halogens is 1. The molecule has 8 heteroatoms. The Morgan fingerprint density at radius 1 is 0.939 bits per heavy atom. The van der Waals surface area contributed by atoms with E-state index >= 15 is 0 Å². The van der Waals surface area contributed by atoms with Crippen LogP contribution in [0, 0.1) is 23.7 Å². The number of hydrogen-bond donors (Lipinski definition) is 0. The highest BCUT2D eigenvalue weighted by Gasteiger charge is 2.62. The van der Waals surface area contributed by atoms with Crippen LogP contribution in [0.5, 0.6) is 5.75 Å². The molecule has 1 heterocycles. The molecule has 170 valence electrons. The van der Waals surface area contributed by atoms with Crippen molar-refractivity contribution in [3.8, 4) is 5.75 Å². The Morgan fingerprint density at radius 2 is 1.48 bits per heavy atom. The Kier molecular flexibility index (Phi) is 5.44. The van der Waals surface area contributed by atoms with Crippen molar-refractivity contribution in [2.75, 3.05) is 13.7 Å². The monoisotopic (exact) mass is 466 g/mol. The fourth-order valence-corrected chi connectivity index (χ4v) is 5.74. The number of benzene rings is 2. The predicted molar refractivity (Wildman–Crippen MR) is 119 cm³/mol. The first-order chi connectivity index (χ1) is 15.9. The largest absolute Gasteiger partial charge is 0.497 e. The van der Waals surface area contributed by atoms with Crippen LogP contribution in [0.15, 0.2) is 48.5 Å². The van der Waals surface area contributed by atoms with Crippen LogP contribution in [0.25, 0.3) is 0 Å². The maximum absolute atomic E-state index is 13.5. The SMILES string of the molecule is COc1ccc(C(=O)CN(C(=O)c2ccc(Cl)cc2)N2C(=O)[C@H]3[C@H]4CC[C@@H](C4)[C@@H]3C2=O)cc1. The molecule has 2 aliphatic carbocycles. The van der Waals surface area contributed by atoms with Gasteiger partial charge in [-0.15, -0.1) is 0 Å². The molecule has 1 aliphatic heterocycles. The first-order valence-electron chi connectivity index (χ1n) is 11.0. The van der Waals surface area contributed by atoms with E-state index in [2.05, 4.69) is 0 Å². The maximum Gasteiger partial charge on any atom is 0.273 e. The van der Waals surface area contributed by atoms with Crippen molar-refractivity contribution in [2.24, 2.45) is 23.7 Å². The molecule has 2 aromatic rings. The number of hydrogen-bond acceptors (Lipinski definition) is 5. The molecule has 5 rings (SSSR count). The zero-order chi connectivity index (χ0) is 23.3. The number of fused-ring (bicyclic) bond motifs is 5. The zero-order valence-corrected chi connectivity index (χ0v) is 18.8. The van der Waals surface area contributed by atoms with Crippen molar-refractivity contribution in [2.45, 2.75) is 19.3 Å². The minimum Gasteiger partial charge on any atom is -0.497 e. The van der Waals surface area contributed by atoms with E-state index in [-0.39, 0.29) is 35.0 Å². The molecule has 3 aliphatic rings. The van der Waals surface area contributed by atoms with E-state index in [4.69, 9.17) is 16.3 Å². The number of hydrazine groups is 1. The van der Waals surface area contributed by atoms with Crippen LogP contribution in [-0.2, 0) is 9.59 Å². The van der Waals surface area contributed by atoms with Gasteiger partial charge in [-0.1, -0.05) is 11.6 Å². The third-order valence-electron chi connectivity index (χ3n) is 7.18. The lowest BCUT2D eigenvalue weighted by Crippen LogP contribution is -2.52. The van der Waals surface area contributed by atoms with Crippen molar-refractivity contribution in [1.82, 2.24) is 10.0 Å². The highest BCUT2D eigenvalue weighted by atomic mass is 35.5. The molecule has 4 atom stereocenters. The Bertz CT molecular complexity index is 1100. The van der Waals surface area contributed by atoms with Crippen LogP contribution in [-0.4, -0.2) is 47.2 Å². The van der Waals surface area contributed by atoms with Crippen molar-refractivity contribution >= 4 is 35.1 Å². The molecule has 0 spiro atoms. The summed E-state index contributed by atoms with van der Waals surface area (Å²) in [5, 5.41) is 2.41. The molecule has 1 saturated heterocycles. The standard InChI is InChI=1S/C25H23ClN2O5/c1-33-19-10-6-14(7-11-19)20(29)13-27(23(30)15-4-8-18(26)9-5-15)28-24(31)21-16-2-3-17(12-16)22(21)25(28)32/h4-11,16-17,21-22H,2-3,12-13H2,1H3/t16-,17-,21-,22-/m0/s1. The molecular weight excluding hydrogens is 444 g/mol. The van der Waals surface area contributed by atoms with E-state index in [0.29, 0.717) is 16.3 Å². The fraction of sp³-hybridized carbons (Fsp3) is 0.360. The third kappa shape index (κ3) is 3.60. The summed E-state index contributed by atoms with van der Waals surface area (Å²) in [4.78, 5) is 53.3. The second-order valence-corrected chi connectivity index (χ2v) is 9.33. The highest BCUT2D eigenvalue weighted by Crippen LogP contribution is 2.56. The summed E-state index contributed by atoms with van der Waals surface area (Å²) in [6.07, 6.45) is 2.74. The lowest BCUT2D eigenvalue weighted by atomic mass is 9.81. The van der Waals surface area contributed by atoms with Gasteiger partial charge in [0, 0.05) is 16.1 Å². The van der Waals surface area contributed by atoms with Gasteiger partial charge in [0.05, 0.1) is 18.9 Å². The van der Waals surface area contributed by atoms with Gasteiger partial charge in [0.1, 0.15) is 12.3 Å². The quantitative estimate of drug-likeness (QED) is 0.479. The second-order valence-electron chi connectivity index (χ2n) is 8.89. The number of rotatable bonds is 6. The maximum atomic E-state index is 13.5. The second kappa shape index (κ2) is 8.30. The van der Waals surface area contributed by atoms with Crippen LogP contribution >= 0.6 is 11.6 Å². The molecule has 33 heavy (non-hydrogen) atoms. The zero-order valence-electron chi connectivity index (χ0n) is 18.1. The molecule has 0 aromatic heterocycles. The van der Waals surface area contributed by atoms with E-state index in [9.17, 15) is 19.2 Å². The van der Waals surface area contributed by atoms with Gasteiger partial charge in [-0.3, -0.25) is 19.2 Å². The Balaban J connectivity index is 1.48. The molecule has 0 radical (unpaired) electrons. The molecule has 2 aromatic carbocycles. The van der Waals surface area contributed by atoms with E-state index < -0.39 is 24.3 Å². The summed E-state index contributed by atoms with van der Waals surface area (Å²) in [5.74, 6) is -1.58. The molecule has 2 bridgehead atoms. The number of nitrogens with zero attached hydrogens (tertiary/aromatic N) is 2. The van der Waals surface area contributed by atoms with Crippen LogP contribution in [0.1, 0.15) is 40.0 Å². The summed E-state index contributed by atoms with van der Waals surface area (Å²) in [6.45, 7) is -0.431. The predicted octanol–water partition coefficient (Wildman–Crippen LogP) is 3.62. The van der Waals surface area contributed by atoms with Gasteiger partial charge < -0.3 is 4.74 Å². The van der Waals surface area contributed by atoms with Crippen LogP contribution in [0.3, 0.4) is 0 Å². The number of carbonyl (C=O) groups is 4. The van der Waals surface area contributed by atoms with E-state index in [1.807, 2.05) is 0 Å². The van der Waals surface area contributed by atoms with Crippen LogP contribution in [0.2, 0.25) is 5.02 Å². The normalized spacial score (nSPS) is 25.3. The lowest BCUT2D eigenvalue weighted by Gasteiger charge is -2.30. The van der Waals surface area contributed by atoms with Crippen LogP contribution < -0.4 is 4.74 Å². The number of carbonyl (C=O) groups excluding carboxylic acids is 4. The molecular formula is C25H23ClN2O5. The van der Waals surface area contributed by atoms with Gasteiger partial charge in [-0.25, -0.2) is 5.01 Å². The molecule has 0 unspecified atom stereocenters. The molecule has 7 nitrogen and oxygen atoms in total.